The second-order valence-electron chi connectivity index (χ2n) is 6.18. The van der Waals surface area contributed by atoms with Gasteiger partial charge in [0.25, 0.3) is 15.9 Å². The molecule has 0 unspecified atom stereocenters. The second kappa shape index (κ2) is 7.24. The van der Waals surface area contributed by atoms with Gasteiger partial charge in [-0.2, -0.15) is 0 Å². The van der Waals surface area contributed by atoms with Gasteiger partial charge >= 0.3 is 0 Å². The smallest absolute Gasteiger partial charge is 0.263 e. The van der Waals surface area contributed by atoms with Gasteiger partial charge in [-0.3, -0.25) is 9.52 Å². The quantitative estimate of drug-likeness (QED) is 0.698. The van der Waals surface area contributed by atoms with Crippen molar-refractivity contribution in [3.05, 3.63) is 71.0 Å². The molecule has 2 aromatic carbocycles. The summed E-state index contributed by atoms with van der Waals surface area (Å²) in [6, 6.07) is 13.0. The first kappa shape index (κ1) is 18.7. The number of nitrogens with one attached hydrogen (secondary N) is 2. The first-order chi connectivity index (χ1) is 12.8. The molecule has 0 spiro atoms. The Morgan fingerprint density at radius 2 is 1.67 bits per heavy atom. The number of hydrogen-bond donors (Lipinski definition) is 2. The van der Waals surface area contributed by atoms with Crippen LogP contribution in [0.5, 0.6) is 0 Å². The molecule has 0 aliphatic carbocycles. The van der Waals surface area contributed by atoms with Crippen LogP contribution in [0.1, 0.15) is 27.2 Å². The summed E-state index contributed by atoms with van der Waals surface area (Å²) in [6.45, 7) is 5.45. The Morgan fingerprint density at radius 3 is 2.30 bits per heavy atom. The van der Waals surface area contributed by atoms with Gasteiger partial charge in [-0.05, 0) is 50.1 Å². The number of nitrogens with zero attached hydrogens (tertiary/aromatic N) is 1. The number of sulfonamides is 1. The van der Waals surface area contributed by atoms with E-state index < -0.39 is 10.0 Å². The maximum absolute atomic E-state index is 12.6. The molecule has 0 saturated heterocycles. The van der Waals surface area contributed by atoms with Gasteiger partial charge in [-0.1, -0.05) is 29.4 Å². The Labute approximate surface area is 157 Å². The second-order valence-corrected chi connectivity index (χ2v) is 7.86. The van der Waals surface area contributed by atoms with Gasteiger partial charge in [0.05, 0.1) is 4.90 Å². The molecule has 1 heterocycles. The van der Waals surface area contributed by atoms with Crippen molar-refractivity contribution in [1.29, 1.82) is 0 Å². The number of benzene rings is 2. The van der Waals surface area contributed by atoms with E-state index in [1.54, 1.807) is 13.0 Å². The largest absolute Gasteiger partial charge is 0.360 e. The summed E-state index contributed by atoms with van der Waals surface area (Å²) in [4.78, 5) is 12.6. The van der Waals surface area contributed by atoms with Crippen LogP contribution in [0.2, 0.25) is 0 Å². The van der Waals surface area contributed by atoms with Gasteiger partial charge < -0.3 is 9.84 Å². The van der Waals surface area contributed by atoms with Crippen molar-refractivity contribution in [3.8, 4) is 0 Å². The highest BCUT2D eigenvalue weighted by atomic mass is 32.2. The monoisotopic (exact) mass is 385 g/mol. The summed E-state index contributed by atoms with van der Waals surface area (Å²) in [6.07, 6.45) is 0. The van der Waals surface area contributed by atoms with Gasteiger partial charge in [-0.25, -0.2) is 8.42 Å². The van der Waals surface area contributed by atoms with Gasteiger partial charge in [0.2, 0.25) is 0 Å². The minimum Gasteiger partial charge on any atom is -0.360 e. The van der Waals surface area contributed by atoms with E-state index in [9.17, 15) is 13.2 Å². The summed E-state index contributed by atoms with van der Waals surface area (Å²) in [7, 11) is -3.90. The lowest BCUT2D eigenvalue weighted by atomic mass is 10.1. The molecule has 8 heteroatoms. The predicted molar refractivity (Wildman–Crippen MR) is 102 cm³/mol. The molecule has 140 valence electrons. The number of rotatable bonds is 5. The molecular formula is C19H19N3O4S. The van der Waals surface area contributed by atoms with E-state index in [4.69, 9.17) is 4.52 Å². The zero-order valence-electron chi connectivity index (χ0n) is 15.1. The fourth-order valence-corrected chi connectivity index (χ4v) is 3.64. The molecule has 3 aromatic rings. The molecule has 1 aromatic heterocycles. The van der Waals surface area contributed by atoms with E-state index in [0.717, 1.165) is 11.1 Å². The molecule has 1 amide bonds. The Bertz CT molecular complexity index is 1080. The topological polar surface area (TPSA) is 101 Å². The zero-order valence-corrected chi connectivity index (χ0v) is 15.9. The summed E-state index contributed by atoms with van der Waals surface area (Å²) in [5.41, 5.74) is 2.80. The zero-order chi connectivity index (χ0) is 19.6. The molecule has 7 nitrogen and oxygen atoms in total. The van der Waals surface area contributed by atoms with Crippen molar-refractivity contribution >= 4 is 27.4 Å². The fourth-order valence-electron chi connectivity index (χ4n) is 2.61. The van der Waals surface area contributed by atoms with E-state index in [1.807, 2.05) is 32.0 Å². The number of hydrogen-bond acceptors (Lipinski definition) is 5. The Hall–Kier alpha value is -3.13. The third kappa shape index (κ3) is 4.17. The van der Waals surface area contributed by atoms with E-state index >= 15 is 0 Å². The molecule has 2 N–H and O–H groups in total. The fraction of sp³-hybridized carbons (Fsp3) is 0.158. The van der Waals surface area contributed by atoms with Crippen LogP contribution in [0.3, 0.4) is 0 Å². The third-order valence-electron chi connectivity index (χ3n) is 3.99. The van der Waals surface area contributed by atoms with Crippen molar-refractivity contribution in [1.82, 2.24) is 5.16 Å². The number of aryl methyl sites for hydroxylation is 3. The van der Waals surface area contributed by atoms with Crippen LogP contribution in [-0.2, 0) is 10.0 Å². The maximum atomic E-state index is 12.6. The van der Waals surface area contributed by atoms with Gasteiger partial charge in [0.15, 0.2) is 5.82 Å². The first-order valence-electron chi connectivity index (χ1n) is 8.20. The van der Waals surface area contributed by atoms with Gasteiger partial charge in [-0.15, -0.1) is 0 Å². The highest BCUT2D eigenvalue weighted by Crippen LogP contribution is 2.22. The van der Waals surface area contributed by atoms with Crippen molar-refractivity contribution in [2.75, 3.05) is 10.0 Å². The first-order valence-corrected chi connectivity index (χ1v) is 9.68. The highest BCUT2D eigenvalue weighted by molar-refractivity contribution is 7.92. The van der Waals surface area contributed by atoms with Gasteiger partial charge in [0.1, 0.15) is 5.76 Å². The predicted octanol–water partition coefficient (Wildman–Crippen LogP) is 3.65. The average molecular weight is 385 g/mol. The number of carbonyl (C=O) groups is 1. The van der Waals surface area contributed by atoms with Crippen LogP contribution in [0.15, 0.2) is 57.9 Å². The van der Waals surface area contributed by atoms with Crippen LogP contribution in [0.4, 0.5) is 11.5 Å². The SMILES string of the molecule is Cc1cc(NS(=O)(=O)c2cccc(C(=O)Nc3c(C)cccc3C)c2)no1. The molecule has 0 radical (unpaired) electrons. The van der Waals surface area contributed by atoms with Crippen LogP contribution < -0.4 is 10.0 Å². The molecule has 27 heavy (non-hydrogen) atoms. The van der Waals surface area contributed by atoms with Crippen LogP contribution in [0, 0.1) is 20.8 Å². The van der Waals surface area contributed by atoms with Crippen LogP contribution in [0.25, 0.3) is 0 Å². The lowest BCUT2D eigenvalue weighted by Crippen LogP contribution is -2.16. The van der Waals surface area contributed by atoms with E-state index in [0.29, 0.717) is 11.4 Å². The number of para-hydroxylation sites is 1. The van der Waals surface area contributed by atoms with Crippen LogP contribution in [-0.4, -0.2) is 19.5 Å². The van der Waals surface area contributed by atoms with Gasteiger partial charge in [0, 0.05) is 17.3 Å². The normalized spacial score (nSPS) is 11.2. The molecule has 0 aliphatic rings. The number of anilines is 2. The number of amides is 1. The maximum Gasteiger partial charge on any atom is 0.263 e. The molecule has 0 saturated carbocycles. The lowest BCUT2D eigenvalue weighted by Gasteiger charge is -2.12. The van der Waals surface area contributed by atoms with E-state index in [1.165, 1.54) is 24.3 Å². The molecule has 0 bridgehead atoms. The summed E-state index contributed by atoms with van der Waals surface area (Å²) >= 11 is 0. The lowest BCUT2D eigenvalue weighted by molar-refractivity contribution is 0.102. The standard InChI is InChI=1S/C19H19N3O4S/c1-12-6-4-7-13(2)18(12)20-19(23)15-8-5-9-16(11-15)27(24,25)22-17-10-14(3)26-21-17/h4-11H,1-3H3,(H,20,23)(H,21,22). The molecule has 0 atom stereocenters. The van der Waals surface area contributed by atoms with Crippen molar-refractivity contribution in [2.24, 2.45) is 0 Å². The van der Waals surface area contributed by atoms with Crippen LogP contribution >= 0.6 is 0 Å². The number of aromatic nitrogens is 1. The van der Waals surface area contributed by atoms with Crippen molar-refractivity contribution < 1.29 is 17.7 Å². The highest BCUT2D eigenvalue weighted by Gasteiger charge is 2.18. The minimum absolute atomic E-state index is 0.0442. The molecule has 0 fully saturated rings. The summed E-state index contributed by atoms with van der Waals surface area (Å²) in [5, 5.41) is 6.46. The summed E-state index contributed by atoms with van der Waals surface area (Å²) < 4.78 is 32.2. The minimum atomic E-state index is -3.90. The Kier molecular flexibility index (Phi) is 5.00. The van der Waals surface area contributed by atoms with Crippen molar-refractivity contribution in [2.45, 2.75) is 25.7 Å². The molecular weight excluding hydrogens is 366 g/mol. The van der Waals surface area contributed by atoms with Crippen molar-refractivity contribution in [3.63, 3.8) is 0 Å². The Balaban J connectivity index is 1.85. The van der Waals surface area contributed by atoms with E-state index in [2.05, 4.69) is 15.2 Å². The average Bonchev–Trinajstić information content (AvgIpc) is 3.02. The van der Waals surface area contributed by atoms with E-state index in [-0.39, 0.29) is 22.2 Å². The molecule has 3 rings (SSSR count). The summed E-state index contributed by atoms with van der Waals surface area (Å²) in [5.74, 6) is 0.175. The third-order valence-corrected chi connectivity index (χ3v) is 5.35. The Morgan fingerprint density at radius 1 is 1.00 bits per heavy atom. The number of carbonyl (C=O) groups excluding carboxylic acids is 1. The molecule has 0 aliphatic heterocycles.